The maximum atomic E-state index is 13.4. The zero-order valence-corrected chi connectivity index (χ0v) is 17.6. The Hall–Kier alpha value is -2.55. The van der Waals surface area contributed by atoms with E-state index in [-0.39, 0.29) is 28.4 Å². The Kier molecular flexibility index (Phi) is 4.72. The van der Waals surface area contributed by atoms with Gasteiger partial charge in [-0.05, 0) is 36.4 Å². The number of nitrogens with one attached hydrogen (secondary N) is 2. The number of carbonyl (C=O) groups excluding carboxylic acids is 1. The van der Waals surface area contributed by atoms with Gasteiger partial charge >= 0.3 is 0 Å². The molecular formula is C21H20ClN3O4S. The predicted octanol–water partition coefficient (Wildman–Crippen LogP) is 3.72. The first-order valence-corrected chi connectivity index (χ1v) is 11.6. The molecule has 2 aromatic carbocycles. The molecule has 5 rings (SSSR count). The van der Waals surface area contributed by atoms with Gasteiger partial charge in [-0.3, -0.25) is 4.79 Å². The van der Waals surface area contributed by atoms with Crippen molar-refractivity contribution in [1.82, 2.24) is 9.29 Å². The molecule has 0 radical (unpaired) electrons. The first-order valence-electron chi connectivity index (χ1n) is 9.76. The highest BCUT2D eigenvalue weighted by molar-refractivity contribution is 7.89. The predicted molar refractivity (Wildman–Crippen MR) is 115 cm³/mol. The van der Waals surface area contributed by atoms with Crippen LogP contribution in [0.15, 0.2) is 47.4 Å². The van der Waals surface area contributed by atoms with Crippen LogP contribution in [0.3, 0.4) is 0 Å². The standard InChI is InChI=1S/C21H20ClN3O4S/c22-15-9-18-19(29-12-21(26)24-18)10-20(15)30(27,28)25-7-3-5-14(11-25)17-8-13-4-1-2-6-16(13)23-17/h1-2,4,6,8-10,14,23H,3,5,7,11-12H2,(H,24,26). The van der Waals surface area contributed by atoms with Crippen LogP contribution in [0.2, 0.25) is 5.02 Å². The zero-order valence-electron chi connectivity index (χ0n) is 16.0. The van der Waals surface area contributed by atoms with Gasteiger partial charge in [0.2, 0.25) is 10.0 Å². The van der Waals surface area contributed by atoms with Crippen LogP contribution in [0.4, 0.5) is 5.69 Å². The van der Waals surface area contributed by atoms with Crippen molar-refractivity contribution in [2.75, 3.05) is 25.0 Å². The Balaban J connectivity index is 1.45. The molecule has 7 nitrogen and oxygen atoms in total. The average Bonchev–Trinajstić information content (AvgIpc) is 3.17. The number of halogens is 1. The number of hydrogen-bond acceptors (Lipinski definition) is 4. The number of fused-ring (bicyclic) bond motifs is 2. The van der Waals surface area contributed by atoms with Crippen molar-refractivity contribution in [2.24, 2.45) is 0 Å². The maximum Gasteiger partial charge on any atom is 0.262 e. The number of sulfonamides is 1. The van der Waals surface area contributed by atoms with E-state index in [4.69, 9.17) is 16.3 Å². The number of hydrogen-bond donors (Lipinski definition) is 2. The lowest BCUT2D eigenvalue weighted by molar-refractivity contribution is -0.118. The summed E-state index contributed by atoms with van der Waals surface area (Å²) in [6.45, 7) is 0.657. The summed E-state index contributed by atoms with van der Waals surface area (Å²) in [6.07, 6.45) is 1.67. The molecule has 1 aromatic heterocycles. The maximum absolute atomic E-state index is 13.4. The van der Waals surface area contributed by atoms with Gasteiger partial charge in [0.15, 0.2) is 6.61 Å². The number of carbonyl (C=O) groups is 1. The number of ether oxygens (including phenoxy) is 1. The quantitative estimate of drug-likeness (QED) is 0.642. The topological polar surface area (TPSA) is 91.5 Å². The van der Waals surface area contributed by atoms with Crippen LogP contribution in [-0.4, -0.2) is 43.3 Å². The van der Waals surface area contributed by atoms with Gasteiger partial charge in [0, 0.05) is 36.3 Å². The van der Waals surface area contributed by atoms with Crippen molar-refractivity contribution in [3.63, 3.8) is 0 Å². The highest BCUT2D eigenvalue weighted by Crippen LogP contribution is 2.38. The fourth-order valence-corrected chi connectivity index (χ4v) is 6.19. The van der Waals surface area contributed by atoms with E-state index >= 15 is 0 Å². The molecule has 1 saturated heterocycles. The van der Waals surface area contributed by atoms with Crippen LogP contribution in [0.5, 0.6) is 5.75 Å². The van der Waals surface area contributed by atoms with Crippen molar-refractivity contribution in [3.8, 4) is 5.75 Å². The van der Waals surface area contributed by atoms with Crippen molar-refractivity contribution in [3.05, 3.63) is 53.2 Å². The van der Waals surface area contributed by atoms with Gasteiger partial charge in [-0.25, -0.2) is 8.42 Å². The molecule has 1 atom stereocenters. The van der Waals surface area contributed by atoms with Crippen LogP contribution in [0, 0.1) is 0 Å². The molecule has 2 aliphatic heterocycles. The number of anilines is 1. The summed E-state index contributed by atoms with van der Waals surface area (Å²) in [5.41, 5.74) is 2.47. The van der Waals surface area contributed by atoms with E-state index in [2.05, 4.69) is 16.4 Å². The van der Waals surface area contributed by atoms with Crippen LogP contribution >= 0.6 is 11.6 Å². The Morgan fingerprint density at radius 2 is 2.00 bits per heavy atom. The molecule has 0 spiro atoms. The highest BCUT2D eigenvalue weighted by atomic mass is 35.5. The van der Waals surface area contributed by atoms with Crippen LogP contribution in [0.25, 0.3) is 10.9 Å². The lowest BCUT2D eigenvalue weighted by Gasteiger charge is -2.32. The van der Waals surface area contributed by atoms with E-state index < -0.39 is 10.0 Å². The molecule has 0 bridgehead atoms. The molecule has 0 aliphatic carbocycles. The number of H-pyrrole nitrogens is 1. The Morgan fingerprint density at radius 3 is 2.83 bits per heavy atom. The number of aromatic amines is 1. The van der Waals surface area contributed by atoms with Crippen molar-refractivity contribution < 1.29 is 17.9 Å². The normalized spacial score (nSPS) is 19.9. The SMILES string of the molecule is O=C1COc2cc(S(=O)(=O)N3CCCC(c4cc5ccccc5[nH]4)C3)c(Cl)cc2N1. The fraction of sp³-hybridized carbons (Fsp3) is 0.286. The molecule has 3 heterocycles. The number of benzene rings is 2. The lowest BCUT2D eigenvalue weighted by atomic mass is 9.96. The fourth-order valence-electron chi connectivity index (χ4n) is 4.15. The molecule has 30 heavy (non-hydrogen) atoms. The molecule has 9 heteroatoms. The zero-order chi connectivity index (χ0) is 20.9. The Morgan fingerprint density at radius 1 is 1.17 bits per heavy atom. The molecule has 2 aliphatic rings. The van der Waals surface area contributed by atoms with Crippen molar-refractivity contribution >= 4 is 44.1 Å². The van der Waals surface area contributed by atoms with Gasteiger partial charge in [0.05, 0.1) is 10.7 Å². The summed E-state index contributed by atoms with van der Waals surface area (Å²) in [5, 5.41) is 3.82. The summed E-state index contributed by atoms with van der Waals surface area (Å²) < 4.78 is 33.7. The Bertz CT molecular complexity index is 1220. The van der Waals surface area contributed by atoms with E-state index in [1.54, 1.807) is 0 Å². The first-order chi connectivity index (χ1) is 14.4. The Labute approximate surface area is 179 Å². The van der Waals surface area contributed by atoms with Crippen molar-refractivity contribution in [1.29, 1.82) is 0 Å². The largest absolute Gasteiger partial charge is 0.482 e. The minimum atomic E-state index is -3.82. The molecule has 3 aromatic rings. The monoisotopic (exact) mass is 445 g/mol. The van der Waals surface area contributed by atoms with E-state index in [0.29, 0.717) is 24.5 Å². The third-order valence-electron chi connectivity index (χ3n) is 5.66. The van der Waals surface area contributed by atoms with E-state index in [0.717, 1.165) is 29.4 Å². The minimum absolute atomic E-state index is 0.00337. The molecule has 1 fully saturated rings. The van der Waals surface area contributed by atoms with Gasteiger partial charge in [0.25, 0.3) is 5.91 Å². The minimum Gasteiger partial charge on any atom is -0.482 e. The molecule has 0 saturated carbocycles. The molecule has 1 amide bonds. The number of rotatable bonds is 3. The second-order valence-corrected chi connectivity index (χ2v) is 9.94. The van der Waals surface area contributed by atoms with E-state index in [1.807, 2.05) is 24.3 Å². The van der Waals surface area contributed by atoms with Crippen LogP contribution in [0.1, 0.15) is 24.5 Å². The number of nitrogens with zero attached hydrogens (tertiary/aromatic N) is 1. The van der Waals surface area contributed by atoms with Crippen LogP contribution in [-0.2, 0) is 14.8 Å². The summed E-state index contributed by atoms with van der Waals surface area (Å²) in [4.78, 5) is 14.9. The van der Waals surface area contributed by atoms with Crippen molar-refractivity contribution in [2.45, 2.75) is 23.7 Å². The molecule has 1 unspecified atom stereocenters. The number of piperidine rings is 1. The highest BCUT2D eigenvalue weighted by Gasteiger charge is 2.34. The number of amides is 1. The lowest BCUT2D eigenvalue weighted by Crippen LogP contribution is -2.39. The first kappa shape index (κ1) is 19.4. The second-order valence-electron chi connectivity index (χ2n) is 7.63. The summed E-state index contributed by atoms with van der Waals surface area (Å²) in [7, 11) is -3.82. The summed E-state index contributed by atoms with van der Waals surface area (Å²) in [5.74, 6) is 0.0843. The number of aromatic nitrogens is 1. The molecule has 2 N–H and O–H groups in total. The molecule has 156 valence electrons. The number of para-hydroxylation sites is 1. The smallest absolute Gasteiger partial charge is 0.262 e. The second kappa shape index (κ2) is 7.30. The summed E-state index contributed by atoms with van der Waals surface area (Å²) >= 11 is 6.30. The van der Waals surface area contributed by atoms with Gasteiger partial charge in [-0.1, -0.05) is 29.8 Å². The average molecular weight is 446 g/mol. The summed E-state index contributed by atoms with van der Waals surface area (Å²) in [6, 6.07) is 12.9. The van der Waals surface area contributed by atoms with Gasteiger partial charge in [0.1, 0.15) is 10.6 Å². The van der Waals surface area contributed by atoms with Gasteiger partial charge < -0.3 is 15.0 Å². The third-order valence-corrected chi connectivity index (χ3v) is 7.99. The van der Waals surface area contributed by atoms with E-state index in [9.17, 15) is 13.2 Å². The third kappa shape index (κ3) is 3.34. The van der Waals surface area contributed by atoms with E-state index in [1.165, 1.54) is 16.4 Å². The van der Waals surface area contributed by atoms with Gasteiger partial charge in [-0.15, -0.1) is 0 Å². The van der Waals surface area contributed by atoms with Crippen LogP contribution < -0.4 is 10.1 Å². The van der Waals surface area contributed by atoms with Gasteiger partial charge in [-0.2, -0.15) is 4.31 Å². The molecular weight excluding hydrogens is 426 g/mol.